The van der Waals surface area contributed by atoms with Gasteiger partial charge in [-0.3, -0.25) is 0 Å². The maximum Gasteiger partial charge on any atom is 1.00 e. The van der Waals surface area contributed by atoms with Crippen LogP contribution in [-0.2, 0) is 9.59 Å². The summed E-state index contributed by atoms with van der Waals surface area (Å²) in [4.78, 5) is 19.3. The van der Waals surface area contributed by atoms with Crippen molar-refractivity contribution in [3.8, 4) is 0 Å². The average Bonchev–Trinajstić information content (AvgIpc) is 1.84. The van der Waals surface area contributed by atoms with Crippen LogP contribution in [0.15, 0.2) is 0 Å². The van der Waals surface area contributed by atoms with Crippen LogP contribution in [0.2, 0.25) is 0 Å². The molecule has 0 bridgehead atoms. The molecule has 6 nitrogen and oxygen atoms in total. The van der Waals surface area contributed by atoms with Crippen LogP contribution in [-0.4, -0.2) is 34.4 Å². The molecule has 2 N–H and O–H groups in total. The summed E-state index contributed by atoms with van der Waals surface area (Å²) in [5.41, 5.74) is 0. The van der Waals surface area contributed by atoms with Gasteiger partial charge in [-0.1, -0.05) is 0 Å². The summed E-state index contributed by atoms with van der Waals surface area (Å²) in [6, 6.07) is 0. The predicted octanol–water partition coefficient (Wildman–Crippen LogP) is -10.8. The number of carboxylic acid groups (broad SMARTS) is 2. The summed E-state index contributed by atoms with van der Waals surface area (Å²) in [5, 5.41) is 35.7. The Morgan fingerprint density at radius 2 is 1.17 bits per heavy atom. The molecule has 0 aliphatic rings. The zero-order valence-electron chi connectivity index (χ0n) is 6.68. The van der Waals surface area contributed by atoms with Crippen molar-refractivity contribution in [2.45, 2.75) is 12.2 Å². The molecule has 0 saturated carbocycles. The van der Waals surface area contributed by atoms with Gasteiger partial charge in [0.15, 0.2) is 0 Å². The van der Waals surface area contributed by atoms with Crippen LogP contribution in [0.1, 0.15) is 0 Å². The van der Waals surface area contributed by atoms with E-state index < -0.39 is 24.1 Å². The molecule has 0 saturated heterocycles. The third-order valence-electron chi connectivity index (χ3n) is 0.782. The topological polar surface area (TPSA) is 121 Å². The summed E-state index contributed by atoms with van der Waals surface area (Å²) in [7, 11) is 0. The fourth-order valence-electron chi connectivity index (χ4n) is 0.258. The van der Waals surface area contributed by atoms with E-state index in [0.717, 1.165) is 0 Å². The molecule has 0 aromatic carbocycles. The Morgan fingerprint density at radius 1 is 1.00 bits per heavy atom. The molecule has 0 unspecified atom stereocenters. The van der Waals surface area contributed by atoms with Crippen molar-refractivity contribution in [3.63, 3.8) is 0 Å². The van der Waals surface area contributed by atoms with E-state index in [1.54, 1.807) is 0 Å². The van der Waals surface area contributed by atoms with Crippen LogP contribution in [0.5, 0.6) is 0 Å². The summed E-state index contributed by atoms with van der Waals surface area (Å²) >= 11 is 0. The largest absolute Gasteiger partial charge is 1.00 e. The van der Waals surface area contributed by atoms with E-state index in [-0.39, 0.29) is 70.2 Å². The Bertz CT molecular complexity index is 144. The molecule has 0 aromatic rings. The standard InChI is InChI=1S/C4H6O6.K.Li/c5-1(3(7)8)2(6)4(9)10;;/h1-2,5-6H,(H,7,8)(H,9,10);;/q;2*+1/p-2/t1-,2-;;/m1../s1. The van der Waals surface area contributed by atoms with Crippen molar-refractivity contribution in [3.05, 3.63) is 0 Å². The molecule has 0 spiro atoms. The fourth-order valence-corrected chi connectivity index (χ4v) is 0.258. The minimum atomic E-state index is -2.44. The van der Waals surface area contributed by atoms with Crippen molar-refractivity contribution >= 4 is 11.9 Å². The van der Waals surface area contributed by atoms with Gasteiger partial charge < -0.3 is 30.0 Å². The number of rotatable bonds is 3. The van der Waals surface area contributed by atoms with E-state index in [4.69, 9.17) is 10.2 Å². The number of hydrogen-bond acceptors (Lipinski definition) is 6. The van der Waals surface area contributed by atoms with Crippen LogP contribution in [0.4, 0.5) is 0 Å². The van der Waals surface area contributed by atoms with Crippen LogP contribution in [0.3, 0.4) is 0 Å². The van der Waals surface area contributed by atoms with Gasteiger partial charge in [0, 0.05) is 0 Å². The summed E-state index contributed by atoms with van der Waals surface area (Å²) < 4.78 is 0. The van der Waals surface area contributed by atoms with Crippen molar-refractivity contribution in [2.75, 3.05) is 0 Å². The number of aliphatic hydroxyl groups excluding tert-OH is 2. The minimum Gasteiger partial charge on any atom is -0.547 e. The SMILES string of the molecule is O=C([O-])[C@H](O)[C@@H](O)C(=O)[O-].[K+].[Li+]. The number of aliphatic carboxylic acids is 2. The van der Waals surface area contributed by atoms with Gasteiger partial charge in [0.2, 0.25) is 0 Å². The molecular formula is C4H4KLiO6. The molecule has 8 heteroatoms. The van der Waals surface area contributed by atoms with E-state index in [2.05, 4.69) is 0 Å². The monoisotopic (exact) mass is 194 g/mol. The van der Waals surface area contributed by atoms with Gasteiger partial charge in [-0.15, -0.1) is 0 Å². The van der Waals surface area contributed by atoms with E-state index in [9.17, 15) is 19.8 Å². The quantitative estimate of drug-likeness (QED) is 0.430. The molecule has 58 valence electrons. The summed E-state index contributed by atoms with van der Waals surface area (Å²) in [5.74, 6) is -4.12. The van der Waals surface area contributed by atoms with Gasteiger partial charge in [0.25, 0.3) is 0 Å². The summed E-state index contributed by atoms with van der Waals surface area (Å²) in [6.45, 7) is 0. The zero-order valence-corrected chi connectivity index (χ0v) is 9.81. The van der Waals surface area contributed by atoms with Crippen molar-refractivity contribution in [1.82, 2.24) is 0 Å². The van der Waals surface area contributed by atoms with Gasteiger partial charge in [-0.2, -0.15) is 0 Å². The molecular weight excluding hydrogens is 190 g/mol. The smallest absolute Gasteiger partial charge is 0.547 e. The first-order valence-electron chi connectivity index (χ1n) is 2.24. The molecule has 0 aliphatic carbocycles. The molecule has 0 rings (SSSR count). The molecule has 0 fully saturated rings. The first kappa shape index (κ1) is 18.8. The predicted molar refractivity (Wildman–Crippen MR) is 22.0 cm³/mol. The molecule has 0 heterocycles. The molecule has 12 heavy (non-hydrogen) atoms. The van der Waals surface area contributed by atoms with Gasteiger partial charge in [0.1, 0.15) is 12.2 Å². The van der Waals surface area contributed by atoms with Gasteiger partial charge >= 0.3 is 70.2 Å². The third kappa shape index (κ3) is 6.59. The van der Waals surface area contributed by atoms with E-state index in [1.807, 2.05) is 0 Å². The molecule has 0 radical (unpaired) electrons. The number of aliphatic hydroxyl groups is 2. The van der Waals surface area contributed by atoms with Crippen molar-refractivity contribution in [1.29, 1.82) is 0 Å². The second-order valence-electron chi connectivity index (χ2n) is 1.53. The van der Waals surface area contributed by atoms with E-state index >= 15 is 0 Å². The van der Waals surface area contributed by atoms with Crippen molar-refractivity contribution in [2.24, 2.45) is 0 Å². The second kappa shape index (κ2) is 8.68. The Labute approximate surface area is 123 Å². The Balaban J connectivity index is -0.000000405. The molecule has 0 aromatic heterocycles. The van der Waals surface area contributed by atoms with Gasteiger partial charge in [-0.05, 0) is 0 Å². The van der Waals surface area contributed by atoms with Gasteiger partial charge in [0.05, 0.1) is 11.9 Å². The minimum absolute atomic E-state index is 0. The Hall–Kier alpha value is 1.09. The normalized spacial score (nSPS) is 13.2. The number of carboxylic acids is 2. The van der Waals surface area contributed by atoms with Gasteiger partial charge in [-0.25, -0.2) is 0 Å². The number of carbonyl (C=O) groups is 2. The van der Waals surface area contributed by atoms with Crippen LogP contribution in [0.25, 0.3) is 0 Å². The van der Waals surface area contributed by atoms with Crippen LogP contribution < -0.4 is 80.5 Å². The maximum atomic E-state index is 9.63. The Kier molecular flexibility index (Phi) is 13.6. The second-order valence-corrected chi connectivity index (χ2v) is 1.53. The first-order valence-corrected chi connectivity index (χ1v) is 2.24. The molecule has 0 aliphatic heterocycles. The molecule has 2 atom stereocenters. The molecule has 0 amide bonds. The third-order valence-corrected chi connectivity index (χ3v) is 0.782. The van der Waals surface area contributed by atoms with E-state index in [0.29, 0.717) is 0 Å². The average molecular weight is 194 g/mol. The van der Waals surface area contributed by atoms with Crippen LogP contribution in [0, 0.1) is 0 Å². The first-order chi connectivity index (χ1) is 4.46. The Morgan fingerprint density at radius 3 is 1.25 bits per heavy atom. The van der Waals surface area contributed by atoms with E-state index in [1.165, 1.54) is 0 Å². The zero-order chi connectivity index (χ0) is 8.31. The number of hydrogen-bond donors (Lipinski definition) is 2. The number of carbonyl (C=O) groups excluding carboxylic acids is 2. The van der Waals surface area contributed by atoms with Crippen LogP contribution >= 0.6 is 0 Å². The fraction of sp³-hybridized carbons (Fsp3) is 0.500. The summed E-state index contributed by atoms with van der Waals surface area (Å²) in [6.07, 6.45) is -4.88. The van der Waals surface area contributed by atoms with Crippen molar-refractivity contribution < 1.29 is 100 Å². The maximum absolute atomic E-state index is 9.63.